The molecule has 0 heterocycles. The molecule has 1 aromatic rings. The highest BCUT2D eigenvalue weighted by Crippen LogP contribution is 2.27. The smallest absolute Gasteiger partial charge is 0.326 e. The van der Waals surface area contributed by atoms with E-state index in [1.165, 1.54) is 18.2 Å². The molecule has 9 heteroatoms. The zero-order valence-corrected chi connectivity index (χ0v) is 12.0. The molecule has 108 valence electrons. The molecule has 1 rings (SSSR count). The third-order valence-electron chi connectivity index (χ3n) is 2.41. The average Bonchev–Trinajstić information content (AvgIpc) is 2.37. The summed E-state index contributed by atoms with van der Waals surface area (Å²) in [5.74, 6) is -1.15. The molecule has 0 aliphatic rings. The van der Waals surface area contributed by atoms with Crippen LogP contribution in [0.4, 0.5) is 16.2 Å². The molecule has 0 aliphatic heterocycles. The molecule has 8 nitrogen and oxygen atoms in total. The Labute approximate surface area is 122 Å². The van der Waals surface area contributed by atoms with Crippen LogP contribution in [0.5, 0.6) is 0 Å². The molecule has 2 amide bonds. The van der Waals surface area contributed by atoms with E-state index in [0.717, 1.165) is 0 Å². The number of carbonyl (C=O) groups excluding carboxylic acids is 1. The van der Waals surface area contributed by atoms with Gasteiger partial charge >= 0.3 is 12.0 Å². The molecule has 3 N–H and O–H groups in total. The summed E-state index contributed by atoms with van der Waals surface area (Å²) in [5, 5.41) is 24.1. The fraction of sp³-hybridized carbons (Fsp3) is 0.273. The first-order valence-corrected chi connectivity index (χ1v) is 6.38. The largest absolute Gasteiger partial charge is 0.480 e. The number of carboxylic acids is 1. The molecular formula is C11H12BrN3O5. The van der Waals surface area contributed by atoms with Crippen LogP contribution < -0.4 is 10.6 Å². The standard InChI is InChI=1S/C11H12BrN3O5/c1-2-8(10(16)17)14-11(18)13-6-3-4-7(12)9(5-6)15(19)20/h3-5,8H,2H2,1H3,(H,16,17)(H2,13,14,18)/t8-/m1/s1. The maximum Gasteiger partial charge on any atom is 0.326 e. The lowest BCUT2D eigenvalue weighted by molar-refractivity contribution is -0.385. The van der Waals surface area contributed by atoms with E-state index < -0.39 is 23.0 Å². The maximum atomic E-state index is 11.6. The molecule has 0 unspecified atom stereocenters. The number of nitro benzene ring substituents is 1. The highest BCUT2D eigenvalue weighted by molar-refractivity contribution is 9.10. The summed E-state index contributed by atoms with van der Waals surface area (Å²) in [6.45, 7) is 1.61. The van der Waals surface area contributed by atoms with Gasteiger partial charge in [-0.25, -0.2) is 9.59 Å². The minimum atomic E-state index is -1.15. The summed E-state index contributed by atoms with van der Waals surface area (Å²) in [7, 11) is 0. The normalized spacial score (nSPS) is 11.5. The molecule has 0 aliphatic carbocycles. The van der Waals surface area contributed by atoms with Crippen LogP contribution in [0.2, 0.25) is 0 Å². The van der Waals surface area contributed by atoms with Crippen LogP contribution in [0.3, 0.4) is 0 Å². The Kier molecular flexibility index (Phi) is 5.44. The van der Waals surface area contributed by atoms with Gasteiger partial charge in [0.15, 0.2) is 0 Å². The Morgan fingerprint density at radius 1 is 1.50 bits per heavy atom. The van der Waals surface area contributed by atoms with E-state index in [9.17, 15) is 19.7 Å². The number of carbonyl (C=O) groups is 2. The Balaban J connectivity index is 2.78. The number of amides is 2. The van der Waals surface area contributed by atoms with Crippen molar-refractivity contribution in [1.29, 1.82) is 0 Å². The van der Waals surface area contributed by atoms with Crippen molar-refractivity contribution in [2.75, 3.05) is 5.32 Å². The van der Waals surface area contributed by atoms with Gasteiger partial charge in [-0.3, -0.25) is 10.1 Å². The minimum absolute atomic E-state index is 0.192. The number of nitrogens with one attached hydrogen (secondary N) is 2. The topological polar surface area (TPSA) is 122 Å². The molecule has 0 saturated heterocycles. The van der Waals surface area contributed by atoms with E-state index in [4.69, 9.17) is 5.11 Å². The first kappa shape index (κ1) is 15.9. The lowest BCUT2D eigenvalue weighted by atomic mass is 10.2. The number of rotatable bonds is 5. The van der Waals surface area contributed by atoms with Crippen molar-refractivity contribution < 1.29 is 19.6 Å². The van der Waals surface area contributed by atoms with Gasteiger partial charge in [-0.05, 0) is 34.5 Å². The SMILES string of the molecule is CC[C@@H](NC(=O)Nc1ccc(Br)c([N+](=O)[O-])c1)C(=O)O. The summed E-state index contributed by atoms with van der Waals surface area (Å²) in [6, 6.07) is 2.29. The van der Waals surface area contributed by atoms with Crippen molar-refractivity contribution in [3.8, 4) is 0 Å². The number of urea groups is 1. The van der Waals surface area contributed by atoms with Gasteiger partial charge in [0.1, 0.15) is 6.04 Å². The maximum absolute atomic E-state index is 11.6. The molecule has 0 radical (unpaired) electrons. The lowest BCUT2D eigenvalue weighted by Crippen LogP contribution is -2.42. The molecule has 0 spiro atoms. The molecule has 0 fully saturated rings. The van der Waals surface area contributed by atoms with E-state index in [-0.39, 0.29) is 22.3 Å². The highest BCUT2D eigenvalue weighted by atomic mass is 79.9. The van der Waals surface area contributed by atoms with E-state index in [2.05, 4.69) is 26.6 Å². The van der Waals surface area contributed by atoms with Crippen LogP contribution in [-0.4, -0.2) is 28.1 Å². The Morgan fingerprint density at radius 2 is 2.15 bits per heavy atom. The lowest BCUT2D eigenvalue weighted by Gasteiger charge is -2.13. The fourth-order valence-corrected chi connectivity index (χ4v) is 1.79. The van der Waals surface area contributed by atoms with Gasteiger partial charge in [-0.2, -0.15) is 0 Å². The number of nitrogens with zero attached hydrogens (tertiary/aromatic N) is 1. The second-order valence-electron chi connectivity index (χ2n) is 3.82. The number of hydrogen-bond donors (Lipinski definition) is 3. The van der Waals surface area contributed by atoms with Crippen molar-refractivity contribution in [3.05, 3.63) is 32.8 Å². The summed E-state index contributed by atoms with van der Waals surface area (Å²) in [4.78, 5) is 32.5. The highest BCUT2D eigenvalue weighted by Gasteiger charge is 2.18. The zero-order chi connectivity index (χ0) is 15.3. The van der Waals surface area contributed by atoms with Crippen LogP contribution in [0.1, 0.15) is 13.3 Å². The zero-order valence-electron chi connectivity index (χ0n) is 10.4. The molecule has 0 saturated carbocycles. The van der Waals surface area contributed by atoms with E-state index in [1.807, 2.05) is 0 Å². The summed E-state index contributed by atoms with van der Waals surface area (Å²) in [6.07, 6.45) is 0.225. The molecule has 1 aromatic carbocycles. The number of aliphatic carboxylic acids is 1. The number of carboxylic acid groups (broad SMARTS) is 1. The van der Waals surface area contributed by atoms with E-state index >= 15 is 0 Å². The number of halogens is 1. The Morgan fingerprint density at radius 3 is 2.65 bits per heavy atom. The van der Waals surface area contributed by atoms with Crippen molar-refractivity contribution in [3.63, 3.8) is 0 Å². The Bertz CT molecular complexity index is 549. The molecule has 0 bridgehead atoms. The first-order chi connectivity index (χ1) is 9.35. The number of hydrogen-bond acceptors (Lipinski definition) is 4. The molecule has 0 aromatic heterocycles. The van der Waals surface area contributed by atoms with Crippen molar-refractivity contribution in [2.24, 2.45) is 0 Å². The molecule has 1 atom stereocenters. The van der Waals surface area contributed by atoms with Crippen molar-refractivity contribution >= 4 is 39.3 Å². The van der Waals surface area contributed by atoms with E-state index in [1.54, 1.807) is 6.92 Å². The van der Waals surface area contributed by atoms with Crippen LogP contribution in [0.15, 0.2) is 22.7 Å². The third kappa shape index (κ3) is 4.19. The van der Waals surface area contributed by atoms with Crippen LogP contribution in [0.25, 0.3) is 0 Å². The monoisotopic (exact) mass is 345 g/mol. The summed E-state index contributed by atoms with van der Waals surface area (Å²) >= 11 is 3.02. The van der Waals surface area contributed by atoms with Crippen LogP contribution >= 0.6 is 15.9 Å². The van der Waals surface area contributed by atoms with Gasteiger partial charge in [-0.1, -0.05) is 6.92 Å². The quantitative estimate of drug-likeness (QED) is 0.558. The van der Waals surface area contributed by atoms with E-state index in [0.29, 0.717) is 0 Å². The van der Waals surface area contributed by atoms with Gasteiger partial charge in [0, 0.05) is 11.8 Å². The van der Waals surface area contributed by atoms with Crippen LogP contribution in [-0.2, 0) is 4.79 Å². The van der Waals surface area contributed by atoms with Crippen LogP contribution in [0, 0.1) is 10.1 Å². The minimum Gasteiger partial charge on any atom is -0.480 e. The first-order valence-electron chi connectivity index (χ1n) is 5.59. The predicted octanol–water partition coefficient (Wildman–Crippen LogP) is 2.34. The fourth-order valence-electron chi connectivity index (χ4n) is 1.39. The average molecular weight is 346 g/mol. The van der Waals surface area contributed by atoms with Gasteiger partial charge in [0.05, 0.1) is 9.40 Å². The predicted molar refractivity (Wildman–Crippen MR) is 74.7 cm³/mol. The second-order valence-corrected chi connectivity index (χ2v) is 4.68. The van der Waals surface area contributed by atoms with Gasteiger partial charge in [0.25, 0.3) is 5.69 Å². The second kappa shape index (κ2) is 6.85. The summed E-state index contributed by atoms with van der Waals surface area (Å²) < 4.78 is 0.283. The van der Waals surface area contributed by atoms with Gasteiger partial charge < -0.3 is 15.7 Å². The number of nitro groups is 1. The Hall–Kier alpha value is -2.16. The third-order valence-corrected chi connectivity index (χ3v) is 3.08. The van der Waals surface area contributed by atoms with Crippen molar-refractivity contribution in [1.82, 2.24) is 5.32 Å². The molecule has 20 heavy (non-hydrogen) atoms. The van der Waals surface area contributed by atoms with Gasteiger partial charge in [0.2, 0.25) is 0 Å². The number of anilines is 1. The van der Waals surface area contributed by atoms with Gasteiger partial charge in [-0.15, -0.1) is 0 Å². The van der Waals surface area contributed by atoms with Crippen molar-refractivity contribution in [2.45, 2.75) is 19.4 Å². The summed E-state index contributed by atoms with van der Waals surface area (Å²) in [5.41, 5.74) is -0.00859. The molecular weight excluding hydrogens is 334 g/mol. The number of benzene rings is 1.